The zero-order valence-corrected chi connectivity index (χ0v) is 14.8. The van der Waals surface area contributed by atoms with Gasteiger partial charge in [-0.2, -0.15) is 0 Å². The van der Waals surface area contributed by atoms with E-state index in [1.807, 2.05) is 31.2 Å². The summed E-state index contributed by atoms with van der Waals surface area (Å²) in [6.07, 6.45) is 0.821. The van der Waals surface area contributed by atoms with Gasteiger partial charge in [0, 0.05) is 30.4 Å². The van der Waals surface area contributed by atoms with Gasteiger partial charge in [-0.1, -0.05) is 23.8 Å². The molecule has 1 fully saturated rings. The van der Waals surface area contributed by atoms with E-state index >= 15 is 0 Å². The normalized spacial score (nSPS) is 16.5. The van der Waals surface area contributed by atoms with E-state index in [4.69, 9.17) is 0 Å². The van der Waals surface area contributed by atoms with E-state index in [1.165, 1.54) is 6.92 Å². The summed E-state index contributed by atoms with van der Waals surface area (Å²) in [5.74, 6) is -0.474. The molecule has 0 radical (unpaired) electrons. The molecule has 6 heteroatoms. The van der Waals surface area contributed by atoms with Crippen LogP contribution in [0.3, 0.4) is 0 Å². The van der Waals surface area contributed by atoms with E-state index in [2.05, 4.69) is 10.6 Å². The molecule has 6 nitrogen and oxygen atoms in total. The highest BCUT2D eigenvalue weighted by Gasteiger charge is 2.37. The van der Waals surface area contributed by atoms with Crippen molar-refractivity contribution in [2.45, 2.75) is 32.7 Å². The summed E-state index contributed by atoms with van der Waals surface area (Å²) in [5, 5.41) is 5.53. The third kappa shape index (κ3) is 3.91. The van der Waals surface area contributed by atoms with Crippen molar-refractivity contribution in [2.24, 2.45) is 0 Å². The first-order chi connectivity index (χ1) is 12.4. The minimum Gasteiger partial charge on any atom is -0.326 e. The minimum atomic E-state index is -0.547. The molecule has 2 aromatic rings. The number of benzene rings is 2. The zero-order chi connectivity index (χ0) is 18.7. The molecule has 1 unspecified atom stereocenters. The Hall–Kier alpha value is -3.15. The molecule has 134 valence electrons. The topological polar surface area (TPSA) is 78.5 Å². The van der Waals surface area contributed by atoms with Gasteiger partial charge in [0.1, 0.15) is 6.04 Å². The van der Waals surface area contributed by atoms with E-state index in [0.29, 0.717) is 24.2 Å². The van der Waals surface area contributed by atoms with Crippen molar-refractivity contribution in [3.05, 3.63) is 54.1 Å². The Bertz CT molecular complexity index is 846. The van der Waals surface area contributed by atoms with Crippen LogP contribution in [0.1, 0.15) is 25.3 Å². The number of nitrogens with zero attached hydrogens (tertiary/aromatic N) is 1. The van der Waals surface area contributed by atoms with Crippen LogP contribution < -0.4 is 15.5 Å². The van der Waals surface area contributed by atoms with Gasteiger partial charge in [-0.25, -0.2) is 0 Å². The maximum Gasteiger partial charge on any atom is 0.247 e. The quantitative estimate of drug-likeness (QED) is 0.888. The molecule has 1 aliphatic heterocycles. The van der Waals surface area contributed by atoms with E-state index in [0.717, 1.165) is 11.3 Å². The third-order valence-corrected chi connectivity index (χ3v) is 4.28. The maximum absolute atomic E-state index is 12.8. The Labute approximate surface area is 152 Å². The highest BCUT2D eigenvalue weighted by Crippen LogP contribution is 2.28. The lowest BCUT2D eigenvalue weighted by molar-refractivity contribution is -0.120. The van der Waals surface area contributed by atoms with Crippen LogP contribution in [0.2, 0.25) is 0 Å². The molecule has 1 aliphatic rings. The van der Waals surface area contributed by atoms with Crippen LogP contribution in [-0.4, -0.2) is 23.8 Å². The number of anilines is 3. The number of carbonyl (C=O) groups is 3. The van der Waals surface area contributed by atoms with Gasteiger partial charge in [0.2, 0.25) is 17.7 Å². The summed E-state index contributed by atoms with van der Waals surface area (Å²) < 4.78 is 0. The first-order valence-corrected chi connectivity index (χ1v) is 8.51. The average molecular weight is 351 g/mol. The molecule has 3 rings (SSSR count). The second kappa shape index (κ2) is 7.39. The molecule has 2 N–H and O–H groups in total. The lowest BCUT2D eigenvalue weighted by Crippen LogP contribution is -2.41. The highest BCUT2D eigenvalue weighted by atomic mass is 16.2. The number of hydrogen-bond acceptors (Lipinski definition) is 3. The molecule has 26 heavy (non-hydrogen) atoms. The van der Waals surface area contributed by atoms with Crippen molar-refractivity contribution < 1.29 is 14.4 Å². The summed E-state index contributed by atoms with van der Waals surface area (Å²) in [6.45, 7) is 3.40. The van der Waals surface area contributed by atoms with Crippen LogP contribution in [0, 0.1) is 6.92 Å². The minimum absolute atomic E-state index is 0.0546. The van der Waals surface area contributed by atoms with Crippen LogP contribution in [0.4, 0.5) is 17.1 Å². The fraction of sp³-hybridized carbons (Fsp3) is 0.250. The Morgan fingerprint density at radius 3 is 2.35 bits per heavy atom. The van der Waals surface area contributed by atoms with Crippen LogP contribution in [-0.2, 0) is 14.4 Å². The van der Waals surface area contributed by atoms with Gasteiger partial charge >= 0.3 is 0 Å². The largest absolute Gasteiger partial charge is 0.326 e. The predicted octanol–water partition coefficient (Wildman–Crippen LogP) is 3.09. The van der Waals surface area contributed by atoms with Gasteiger partial charge < -0.3 is 10.6 Å². The fourth-order valence-electron chi connectivity index (χ4n) is 3.06. The van der Waals surface area contributed by atoms with Crippen molar-refractivity contribution in [1.82, 2.24) is 0 Å². The number of rotatable bonds is 4. The molecular weight excluding hydrogens is 330 g/mol. The van der Waals surface area contributed by atoms with E-state index in [-0.39, 0.29) is 17.7 Å². The summed E-state index contributed by atoms with van der Waals surface area (Å²) in [6, 6.07) is 13.9. The van der Waals surface area contributed by atoms with E-state index in [1.54, 1.807) is 29.2 Å². The van der Waals surface area contributed by atoms with Crippen LogP contribution in [0.25, 0.3) is 0 Å². The van der Waals surface area contributed by atoms with Crippen molar-refractivity contribution >= 4 is 34.8 Å². The van der Waals surface area contributed by atoms with Gasteiger partial charge in [-0.15, -0.1) is 0 Å². The number of nitrogens with one attached hydrogen (secondary N) is 2. The number of amides is 3. The lowest BCUT2D eigenvalue weighted by atomic mass is 10.1. The third-order valence-electron chi connectivity index (χ3n) is 4.28. The number of hydrogen-bond donors (Lipinski definition) is 2. The molecule has 0 bridgehead atoms. The Kier molecular flexibility index (Phi) is 5.02. The van der Waals surface area contributed by atoms with Crippen molar-refractivity contribution in [3.8, 4) is 0 Å². The van der Waals surface area contributed by atoms with E-state index < -0.39 is 6.04 Å². The first kappa shape index (κ1) is 17.7. The fourth-order valence-corrected chi connectivity index (χ4v) is 3.06. The summed E-state index contributed by atoms with van der Waals surface area (Å²) >= 11 is 0. The molecule has 1 saturated heterocycles. The molecule has 2 aromatic carbocycles. The maximum atomic E-state index is 12.8. The van der Waals surface area contributed by atoms with Crippen LogP contribution >= 0.6 is 0 Å². The SMILES string of the molecule is CC(=O)Nc1cccc(NC(=O)C2CCC(=O)N2c2ccc(C)cc2)c1. The van der Waals surface area contributed by atoms with Gasteiger partial charge in [0.05, 0.1) is 0 Å². The van der Waals surface area contributed by atoms with Crippen molar-refractivity contribution in [1.29, 1.82) is 0 Å². The van der Waals surface area contributed by atoms with Gasteiger partial charge in [-0.05, 0) is 43.7 Å². The highest BCUT2D eigenvalue weighted by molar-refractivity contribution is 6.07. The van der Waals surface area contributed by atoms with Gasteiger partial charge in [-0.3, -0.25) is 19.3 Å². The van der Waals surface area contributed by atoms with Crippen molar-refractivity contribution in [3.63, 3.8) is 0 Å². The van der Waals surface area contributed by atoms with Crippen LogP contribution in [0.5, 0.6) is 0 Å². The zero-order valence-electron chi connectivity index (χ0n) is 14.8. The Morgan fingerprint density at radius 1 is 1.04 bits per heavy atom. The standard InChI is InChI=1S/C20H21N3O3/c1-13-6-8-17(9-7-13)23-18(10-11-19(23)25)20(26)22-16-5-3-4-15(12-16)21-14(2)24/h3-9,12,18H,10-11H2,1-2H3,(H,21,24)(H,22,26). The second-order valence-corrected chi connectivity index (χ2v) is 6.41. The molecule has 1 heterocycles. The average Bonchev–Trinajstić information content (AvgIpc) is 2.97. The summed E-state index contributed by atoms with van der Waals surface area (Å²) in [5.41, 5.74) is 3.00. The molecule has 0 aliphatic carbocycles. The second-order valence-electron chi connectivity index (χ2n) is 6.41. The molecule has 0 aromatic heterocycles. The predicted molar refractivity (Wildman–Crippen MR) is 101 cm³/mol. The monoisotopic (exact) mass is 351 g/mol. The van der Waals surface area contributed by atoms with Gasteiger partial charge in [0.25, 0.3) is 0 Å². The Morgan fingerprint density at radius 2 is 1.69 bits per heavy atom. The molecular formula is C20H21N3O3. The number of carbonyl (C=O) groups excluding carboxylic acids is 3. The van der Waals surface area contributed by atoms with E-state index in [9.17, 15) is 14.4 Å². The number of aryl methyl sites for hydroxylation is 1. The molecule has 0 saturated carbocycles. The molecule has 0 spiro atoms. The first-order valence-electron chi connectivity index (χ1n) is 8.51. The summed E-state index contributed by atoms with van der Waals surface area (Å²) in [7, 11) is 0. The lowest BCUT2D eigenvalue weighted by Gasteiger charge is -2.24. The van der Waals surface area contributed by atoms with Crippen molar-refractivity contribution in [2.75, 3.05) is 15.5 Å². The smallest absolute Gasteiger partial charge is 0.247 e. The summed E-state index contributed by atoms with van der Waals surface area (Å²) in [4.78, 5) is 37.8. The van der Waals surface area contributed by atoms with Gasteiger partial charge in [0.15, 0.2) is 0 Å². The molecule has 1 atom stereocenters. The van der Waals surface area contributed by atoms with Crippen LogP contribution in [0.15, 0.2) is 48.5 Å². The molecule has 3 amide bonds. The Balaban J connectivity index is 1.77.